The maximum absolute atomic E-state index is 4.99. The van der Waals surface area contributed by atoms with E-state index in [1.54, 1.807) is 0 Å². The summed E-state index contributed by atoms with van der Waals surface area (Å²) >= 11 is 1.91. The van der Waals surface area contributed by atoms with Gasteiger partial charge in [-0.1, -0.05) is 34.1 Å². The zero-order chi connectivity index (χ0) is 14.5. The topological polar surface area (TPSA) is 28.2 Å². The highest BCUT2D eigenvalue weighted by atomic mass is 32.1. The summed E-state index contributed by atoms with van der Waals surface area (Å²) in [5.74, 6) is 1.43. The number of nitrogens with one attached hydrogen (secondary N) is 1. The summed E-state index contributed by atoms with van der Waals surface area (Å²) in [6.45, 7) is 13.4. The highest BCUT2D eigenvalue weighted by molar-refractivity contribution is 7.15. The van der Waals surface area contributed by atoms with Crippen molar-refractivity contribution in [3.63, 3.8) is 0 Å². The van der Waals surface area contributed by atoms with Gasteiger partial charge in [-0.15, -0.1) is 11.3 Å². The van der Waals surface area contributed by atoms with Crippen molar-refractivity contribution in [1.82, 2.24) is 10.3 Å². The van der Waals surface area contributed by atoms with Crippen LogP contribution in [0.25, 0.3) is 0 Å². The van der Waals surface area contributed by atoms with E-state index in [-0.39, 0.29) is 0 Å². The van der Waals surface area contributed by atoms with Crippen LogP contribution in [-0.2, 0) is 6.54 Å². The SMILES string of the molecule is CCNCc1sc(N2CCC(CC)C2)nc1C(C)CC. The Hall–Kier alpha value is -0.610. The van der Waals surface area contributed by atoms with Crippen molar-refractivity contribution >= 4 is 16.5 Å². The molecule has 0 bridgehead atoms. The van der Waals surface area contributed by atoms with Crippen LogP contribution in [0.5, 0.6) is 0 Å². The molecule has 1 aromatic heterocycles. The normalized spacial score (nSPS) is 20.6. The molecule has 1 N–H and O–H groups in total. The molecule has 1 aliphatic rings. The molecule has 0 saturated carbocycles. The molecule has 0 aliphatic carbocycles. The third kappa shape index (κ3) is 3.53. The maximum atomic E-state index is 4.99. The molecule has 114 valence electrons. The van der Waals surface area contributed by atoms with Gasteiger partial charge in [0, 0.05) is 24.5 Å². The van der Waals surface area contributed by atoms with E-state index >= 15 is 0 Å². The molecule has 0 spiro atoms. The Morgan fingerprint density at radius 1 is 1.40 bits per heavy atom. The van der Waals surface area contributed by atoms with Crippen molar-refractivity contribution in [3.8, 4) is 0 Å². The van der Waals surface area contributed by atoms with E-state index in [9.17, 15) is 0 Å². The van der Waals surface area contributed by atoms with Gasteiger partial charge in [0.25, 0.3) is 0 Å². The fourth-order valence-corrected chi connectivity index (χ4v) is 3.95. The van der Waals surface area contributed by atoms with E-state index in [0.29, 0.717) is 5.92 Å². The maximum Gasteiger partial charge on any atom is 0.185 e. The highest BCUT2D eigenvalue weighted by Crippen LogP contribution is 2.34. The molecule has 2 heterocycles. The van der Waals surface area contributed by atoms with E-state index in [0.717, 1.165) is 19.0 Å². The molecule has 2 atom stereocenters. The molecular formula is C16H29N3S. The van der Waals surface area contributed by atoms with E-state index in [4.69, 9.17) is 4.98 Å². The lowest BCUT2D eigenvalue weighted by molar-refractivity contribution is 0.569. The molecule has 0 radical (unpaired) electrons. The van der Waals surface area contributed by atoms with Crippen molar-refractivity contribution in [2.24, 2.45) is 5.92 Å². The van der Waals surface area contributed by atoms with Crippen LogP contribution in [-0.4, -0.2) is 24.6 Å². The number of hydrogen-bond acceptors (Lipinski definition) is 4. The predicted molar refractivity (Wildman–Crippen MR) is 88.8 cm³/mol. The molecule has 2 rings (SSSR count). The van der Waals surface area contributed by atoms with Gasteiger partial charge in [-0.05, 0) is 31.2 Å². The standard InChI is InChI=1S/C16H29N3S/c1-5-12(4)15-14(10-17-7-3)20-16(18-15)19-9-8-13(6-2)11-19/h12-13,17H,5-11H2,1-4H3. The summed E-state index contributed by atoms with van der Waals surface area (Å²) < 4.78 is 0. The largest absolute Gasteiger partial charge is 0.348 e. The predicted octanol–water partition coefficient (Wildman–Crippen LogP) is 4.00. The van der Waals surface area contributed by atoms with Gasteiger partial charge in [0.2, 0.25) is 0 Å². The summed E-state index contributed by atoms with van der Waals surface area (Å²) in [6.07, 6.45) is 3.79. The number of rotatable bonds is 7. The molecule has 20 heavy (non-hydrogen) atoms. The Morgan fingerprint density at radius 3 is 2.80 bits per heavy atom. The first kappa shape index (κ1) is 15.8. The van der Waals surface area contributed by atoms with Gasteiger partial charge >= 0.3 is 0 Å². The molecule has 4 heteroatoms. The molecule has 0 aromatic carbocycles. The zero-order valence-electron chi connectivity index (χ0n) is 13.4. The van der Waals surface area contributed by atoms with Gasteiger partial charge in [-0.3, -0.25) is 0 Å². The lowest BCUT2D eigenvalue weighted by atomic mass is 10.0. The Morgan fingerprint density at radius 2 is 2.20 bits per heavy atom. The molecule has 1 fully saturated rings. The fourth-order valence-electron chi connectivity index (χ4n) is 2.77. The lowest BCUT2D eigenvalue weighted by Crippen LogP contribution is -2.19. The van der Waals surface area contributed by atoms with Gasteiger partial charge in [0.15, 0.2) is 5.13 Å². The second kappa shape index (κ2) is 7.41. The van der Waals surface area contributed by atoms with Crippen molar-refractivity contribution < 1.29 is 0 Å². The van der Waals surface area contributed by atoms with Crippen LogP contribution in [0.1, 0.15) is 63.4 Å². The van der Waals surface area contributed by atoms with Gasteiger partial charge in [-0.25, -0.2) is 4.98 Å². The Kier molecular flexibility index (Phi) is 5.85. The Labute approximate surface area is 127 Å². The average molecular weight is 295 g/mol. The third-order valence-electron chi connectivity index (χ3n) is 4.46. The minimum Gasteiger partial charge on any atom is -0.348 e. The number of aromatic nitrogens is 1. The second-order valence-electron chi connectivity index (χ2n) is 5.90. The first-order valence-corrected chi connectivity index (χ1v) is 8.96. The van der Waals surface area contributed by atoms with Crippen LogP contribution in [0.2, 0.25) is 0 Å². The Balaban J connectivity index is 2.15. The van der Waals surface area contributed by atoms with Crippen molar-refractivity contribution in [3.05, 3.63) is 10.6 Å². The molecule has 1 aromatic rings. The van der Waals surface area contributed by atoms with Crippen LogP contribution < -0.4 is 10.2 Å². The number of nitrogens with zero attached hydrogens (tertiary/aromatic N) is 2. The van der Waals surface area contributed by atoms with Crippen molar-refractivity contribution in [2.45, 2.75) is 59.4 Å². The monoisotopic (exact) mass is 295 g/mol. The average Bonchev–Trinajstić information content (AvgIpc) is 3.10. The molecule has 3 nitrogen and oxygen atoms in total. The van der Waals surface area contributed by atoms with Crippen LogP contribution >= 0.6 is 11.3 Å². The summed E-state index contributed by atoms with van der Waals surface area (Å²) in [5, 5.41) is 4.71. The van der Waals surface area contributed by atoms with Crippen molar-refractivity contribution in [1.29, 1.82) is 0 Å². The summed E-state index contributed by atoms with van der Waals surface area (Å²) in [5.41, 5.74) is 1.33. The first-order valence-electron chi connectivity index (χ1n) is 8.14. The van der Waals surface area contributed by atoms with Crippen molar-refractivity contribution in [2.75, 3.05) is 24.5 Å². The fraction of sp³-hybridized carbons (Fsp3) is 0.812. The molecule has 1 saturated heterocycles. The quantitative estimate of drug-likeness (QED) is 0.824. The van der Waals surface area contributed by atoms with E-state index < -0.39 is 0 Å². The molecule has 0 amide bonds. The van der Waals surface area contributed by atoms with E-state index in [1.807, 2.05) is 11.3 Å². The summed E-state index contributed by atoms with van der Waals surface area (Å²) in [7, 11) is 0. The second-order valence-corrected chi connectivity index (χ2v) is 6.97. The summed E-state index contributed by atoms with van der Waals surface area (Å²) in [4.78, 5) is 8.93. The van der Waals surface area contributed by atoms with Crippen LogP contribution in [0.15, 0.2) is 0 Å². The van der Waals surface area contributed by atoms with E-state index in [2.05, 4.69) is 37.9 Å². The molecule has 2 unspecified atom stereocenters. The van der Waals surface area contributed by atoms with E-state index in [1.165, 1.54) is 48.1 Å². The summed E-state index contributed by atoms with van der Waals surface area (Å²) in [6, 6.07) is 0. The van der Waals surface area contributed by atoms with Crippen LogP contribution in [0.3, 0.4) is 0 Å². The Bertz CT molecular complexity index is 416. The minimum atomic E-state index is 0.568. The molecule has 1 aliphatic heterocycles. The lowest BCUT2D eigenvalue weighted by Gasteiger charge is -2.14. The molecular weight excluding hydrogens is 266 g/mol. The van der Waals surface area contributed by atoms with Gasteiger partial charge in [0.1, 0.15) is 0 Å². The third-order valence-corrected chi connectivity index (χ3v) is 5.60. The van der Waals surface area contributed by atoms with Gasteiger partial charge in [0.05, 0.1) is 5.69 Å². The first-order chi connectivity index (χ1) is 9.69. The smallest absolute Gasteiger partial charge is 0.185 e. The van der Waals surface area contributed by atoms with Gasteiger partial charge in [-0.2, -0.15) is 0 Å². The van der Waals surface area contributed by atoms with Gasteiger partial charge < -0.3 is 10.2 Å². The number of thiazole rings is 1. The van der Waals surface area contributed by atoms with Crippen LogP contribution in [0.4, 0.5) is 5.13 Å². The number of hydrogen-bond donors (Lipinski definition) is 1. The zero-order valence-corrected chi connectivity index (χ0v) is 14.2. The van der Waals surface area contributed by atoms with Crippen LogP contribution in [0, 0.1) is 5.92 Å². The highest BCUT2D eigenvalue weighted by Gasteiger charge is 2.25. The minimum absolute atomic E-state index is 0.568. The number of anilines is 1.